The monoisotopic (exact) mass is 294 g/mol. The number of aliphatic carboxylic acids is 1. The highest BCUT2D eigenvalue weighted by Gasteiger charge is 2.04. The third-order valence-corrected chi connectivity index (χ3v) is 2.43. The molecule has 1 aromatic rings. The van der Waals surface area contributed by atoms with Crippen molar-refractivity contribution in [1.29, 1.82) is 0 Å². The number of hydrogen-bond acceptors (Lipinski definition) is 4. The van der Waals surface area contributed by atoms with Crippen molar-refractivity contribution in [3.63, 3.8) is 0 Å². The lowest BCUT2D eigenvalue weighted by atomic mass is 10.1. The average Bonchev–Trinajstić information content (AvgIpc) is 2.39. The molecule has 0 bridgehead atoms. The van der Waals surface area contributed by atoms with Crippen LogP contribution in [0.3, 0.4) is 0 Å². The molecule has 0 aliphatic carbocycles. The number of carboxylic acid groups (broad SMARTS) is 1. The molecule has 0 radical (unpaired) electrons. The van der Waals surface area contributed by atoms with Crippen LogP contribution in [-0.2, 0) is 25.5 Å². The summed E-state index contributed by atoms with van der Waals surface area (Å²) in [5, 5.41) is 13.6. The zero-order valence-electron chi connectivity index (χ0n) is 11.7. The maximum atomic E-state index is 11.6. The molecule has 0 fully saturated rings. The Hall–Kier alpha value is -2.41. The normalized spacial score (nSPS) is 9.95. The smallest absolute Gasteiger partial charge is 0.329 e. The van der Waals surface area contributed by atoms with E-state index in [2.05, 4.69) is 10.6 Å². The van der Waals surface area contributed by atoms with Gasteiger partial charge in [0.25, 0.3) is 0 Å². The summed E-state index contributed by atoms with van der Waals surface area (Å²) in [7, 11) is 0. The quantitative estimate of drug-likeness (QED) is 0.602. The molecule has 0 atom stereocenters. The van der Waals surface area contributed by atoms with Crippen molar-refractivity contribution in [3.8, 4) is 0 Å². The van der Waals surface area contributed by atoms with Gasteiger partial charge >= 0.3 is 5.97 Å². The molecular weight excluding hydrogens is 276 g/mol. The molecule has 7 heteroatoms. The van der Waals surface area contributed by atoms with Crippen LogP contribution >= 0.6 is 0 Å². The van der Waals surface area contributed by atoms with Crippen LogP contribution in [-0.4, -0.2) is 42.6 Å². The Bertz CT molecular complexity index is 499. The number of carboxylic acids is 1. The van der Waals surface area contributed by atoms with Crippen molar-refractivity contribution in [2.45, 2.75) is 13.3 Å². The van der Waals surface area contributed by atoms with Gasteiger partial charge in [0.1, 0.15) is 6.61 Å². The van der Waals surface area contributed by atoms with Crippen LogP contribution in [0.4, 0.5) is 5.69 Å². The maximum Gasteiger partial charge on any atom is 0.329 e. The van der Waals surface area contributed by atoms with Gasteiger partial charge in [0.05, 0.1) is 13.0 Å². The SMILES string of the molecule is CC(=O)Nc1ccc(CC(=O)NCCOCC(=O)O)cc1. The number of benzene rings is 1. The van der Waals surface area contributed by atoms with Crippen LogP contribution in [0.1, 0.15) is 12.5 Å². The summed E-state index contributed by atoms with van der Waals surface area (Å²) in [6.07, 6.45) is 0.208. The lowest BCUT2D eigenvalue weighted by Crippen LogP contribution is -2.29. The van der Waals surface area contributed by atoms with E-state index in [1.807, 2.05) is 0 Å². The molecule has 21 heavy (non-hydrogen) atoms. The minimum Gasteiger partial charge on any atom is -0.480 e. The van der Waals surface area contributed by atoms with E-state index in [-0.39, 0.29) is 38.0 Å². The van der Waals surface area contributed by atoms with E-state index >= 15 is 0 Å². The second-order valence-corrected chi connectivity index (χ2v) is 4.35. The lowest BCUT2D eigenvalue weighted by molar-refractivity contribution is -0.142. The van der Waals surface area contributed by atoms with Gasteiger partial charge in [-0.2, -0.15) is 0 Å². The number of nitrogens with one attached hydrogen (secondary N) is 2. The van der Waals surface area contributed by atoms with Crippen molar-refractivity contribution < 1.29 is 24.2 Å². The Kier molecular flexibility index (Phi) is 6.90. The summed E-state index contributed by atoms with van der Waals surface area (Å²) in [6, 6.07) is 6.96. The average molecular weight is 294 g/mol. The number of anilines is 1. The number of carbonyl (C=O) groups is 3. The first-order valence-corrected chi connectivity index (χ1v) is 6.40. The fourth-order valence-corrected chi connectivity index (χ4v) is 1.58. The zero-order valence-corrected chi connectivity index (χ0v) is 11.7. The molecule has 0 saturated carbocycles. The fourth-order valence-electron chi connectivity index (χ4n) is 1.58. The van der Waals surface area contributed by atoms with Crippen molar-refractivity contribution in [2.24, 2.45) is 0 Å². The van der Waals surface area contributed by atoms with Gasteiger partial charge in [-0.1, -0.05) is 12.1 Å². The second kappa shape index (κ2) is 8.70. The molecule has 3 N–H and O–H groups in total. The molecular formula is C14H18N2O5. The molecule has 0 unspecified atom stereocenters. The van der Waals surface area contributed by atoms with Gasteiger partial charge in [-0.15, -0.1) is 0 Å². The number of rotatable bonds is 8. The Morgan fingerprint density at radius 1 is 1.19 bits per heavy atom. The van der Waals surface area contributed by atoms with E-state index in [9.17, 15) is 14.4 Å². The number of amides is 2. The van der Waals surface area contributed by atoms with E-state index in [0.717, 1.165) is 5.56 Å². The molecule has 0 aromatic heterocycles. The number of carbonyl (C=O) groups excluding carboxylic acids is 2. The fraction of sp³-hybridized carbons (Fsp3) is 0.357. The van der Waals surface area contributed by atoms with E-state index < -0.39 is 5.97 Å². The molecule has 1 aromatic carbocycles. The first kappa shape index (κ1) is 16.6. The van der Waals surface area contributed by atoms with E-state index in [4.69, 9.17) is 9.84 Å². The first-order valence-electron chi connectivity index (χ1n) is 6.40. The Morgan fingerprint density at radius 3 is 2.43 bits per heavy atom. The lowest BCUT2D eigenvalue weighted by Gasteiger charge is -2.06. The summed E-state index contributed by atoms with van der Waals surface area (Å²) >= 11 is 0. The summed E-state index contributed by atoms with van der Waals surface area (Å²) in [5.41, 5.74) is 1.49. The molecule has 114 valence electrons. The van der Waals surface area contributed by atoms with E-state index in [0.29, 0.717) is 5.69 Å². The largest absolute Gasteiger partial charge is 0.480 e. The molecule has 0 spiro atoms. The summed E-state index contributed by atoms with van der Waals surface area (Å²) in [5.74, 6) is -1.37. The van der Waals surface area contributed by atoms with Crippen molar-refractivity contribution in [2.75, 3.05) is 25.1 Å². The topological polar surface area (TPSA) is 105 Å². The van der Waals surface area contributed by atoms with Crippen LogP contribution in [0.2, 0.25) is 0 Å². The van der Waals surface area contributed by atoms with Crippen LogP contribution in [0, 0.1) is 0 Å². The molecule has 0 aliphatic rings. The molecule has 7 nitrogen and oxygen atoms in total. The van der Waals surface area contributed by atoms with Gasteiger partial charge in [-0.05, 0) is 17.7 Å². The summed E-state index contributed by atoms with van der Waals surface area (Å²) in [4.78, 5) is 32.7. The van der Waals surface area contributed by atoms with Crippen LogP contribution in [0.15, 0.2) is 24.3 Å². The number of ether oxygens (including phenoxy) is 1. The summed E-state index contributed by atoms with van der Waals surface area (Å²) < 4.78 is 4.79. The van der Waals surface area contributed by atoms with Gasteiger partial charge in [-0.3, -0.25) is 9.59 Å². The first-order chi connectivity index (χ1) is 9.97. The van der Waals surface area contributed by atoms with Gasteiger partial charge in [0, 0.05) is 19.2 Å². The Morgan fingerprint density at radius 2 is 1.86 bits per heavy atom. The van der Waals surface area contributed by atoms with Crippen molar-refractivity contribution in [1.82, 2.24) is 5.32 Å². The Labute approximate surface area is 122 Å². The van der Waals surface area contributed by atoms with Crippen LogP contribution < -0.4 is 10.6 Å². The van der Waals surface area contributed by atoms with E-state index in [1.54, 1.807) is 24.3 Å². The van der Waals surface area contributed by atoms with Gasteiger partial charge < -0.3 is 20.5 Å². The Balaban J connectivity index is 2.27. The van der Waals surface area contributed by atoms with Gasteiger partial charge in [-0.25, -0.2) is 4.79 Å². The highest BCUT2D eigenvalue weighted by molar-refractivity contribution is 5.88. The predicted molar refractivity (Wildman–Crippen MR) is 75.9 cm³/mol. The standard InChI is InChI=1S/C14H18N2O5/c1-10(17)16-12-4-2-11(3-5-12)8-13(18)15-6-7-21-9-14(19)20/h2-5H,6-9H2,1H3,(H,15,18)(H,16,17)(H,19,20). The third-order valence-electron chi connectivity index (χ3n) is 2.43. The van der Waals surface area contributed by atoms with Crippen molar-refractivity contribution in [3.05, 3.63) is 29.8 Å². The predicted octanol–water partition coefficient (Wildman–Crippen LogP) is 0.405. The highest BCUT2D eigenvalue weighted by atomic mass is 16.5. The molecule has 1 rings (SSSR count). The molecule has 0 heterocycles. The molecule has 0 aliphatic heterocycles. The molecule has 2 amide bonds. The highest BCUT2D eigenvalue weighted by Crippen LogP contribution is 2.09. The molecule has 0 saturated heterocycles. The second-order valence-electron chi connectivity index (χ2n) is 4.35. The minimum absolute atomic E-state index is 0.151. The van der Waals surface area contributed by atoms with Gasteiger partial charge in [0.15, 0.2) is 0 Å². The zero-order chi connectivity index (χ0) is 15.7. The van der Waals surface area contributed by atoms with Crippen molar-refractivity contribution >= 4 is 23.5 Å². The summed E-state index contributed by atoms with van der Waals surface area (Å²) in [6.45, 7) is 1.46. The van der Waals surface area contributed by atoms with Crippen LogP contribution in [0.25, 0.3) is 0 Å². The van der Waals surface area contributed by atoms with Gasteiger partial charge in [0.2, 0.25) is 11.8 Å². The third kappa shape index (κ3) is 7.68. The van der Waals surface area contributed by atoms with Crippen LogP contribution in [0.5, 0.6) is 0 Å². The maximum absolute atomic E-state index is 11.6. The number of hydrogen-bond donors (Lipinski definition) is 3. The minimum atomic E-state index is -1.04. The van der Waals surface area contributed by atoms with E-state index in [1.165, 1.54) is 6.92 Å².